The van der Waals surface area contributed by atoms with Crippen molar-refractivity contribution in [1.82, 2.24) is 10.6 Å². The number of carbonyl (C=O) groups excluding carboxylic acids is 3. The molecule has 0 heterocycles. The largest absolute Gasteiger partial charge is 0.481 e. The highest BCUT2D eigenvalue weighted by Crippen LogP contribution is 2.08. The van der Waals surface area contributed by atoms with Gasteiger partial charge < -0.3 is 25.2 Å². The molecule has 0 aliphatic heterocycles. The van der Waals surface area contributed by atoms with Crippen LogP contribution >= 0.6 is 0 Å². The lowest BCUT2D eigenvalue weighted by molar-refractivity contribution is -0.149. The molecule has 0 aliphatic carbocycles. The molecule has 2 rings (SSSR count). The van der Waals surface area contributed by atoms with Gasteiger partial charge in [-0.3, -0.25) is 9.59 Å². The maximum absolute atomic E-state index is 12.5. The summed E-state index contributed by atoms with van der Waals surface area (Å²) in [5.74, 6) is -2.31. The van der Waals surface area contributed by atoms with Crippen LogP contribution in [0.3, 0.4) is 0 Å². The molecule has 0 aliphatic rings. The minimum absolute atomic E-state index is 0.0184. The first-order chi connectivity index (χ1) is 15.8. The number of carboxylic acids is 1. The quantitative estimate of drug-likeness (QED) is 0.419. The third-order valence-corrected chi connectivity index (χ3v) is 4.65. The predicted octanol–water partition coefficient (Wildman–Crippen LogP) is 2.78. The molecule has 2 unspecified atom stereocenters. The Labute approximate surface area is 192 Å². The number of hydrogen-bond donors (Lipinski definition) is 3. The van der Waals surface area contributed by atoms with Gasteiger partial charge in [0.05, 0.1) is 0 Å². The molecule has 33 heavy (non-hydrogen) atoms. The number of carboxylic acid groups (broad SMARTS) is 1. The van der Waals surface area contributed by atoms with Crippen LogP contribution in [0.4, 0.5) is 4.79 Å². The summed E-state index contributed by atoms with van der Waals surface area (Å²) < 4.78 is 10.4. The molecule has 0 bridgehead atoms. The Balaban J connectivity index is 1.87. The second kappa shape index (κ2) is 13.5. The summed E-state index contributed by atoms with van der Waals surface area (Å²) in [5.41, 5.74) is 1.57. The Morgan fingerprint density at radius 2 is 1.39 bits per heavy atom. The van der Waals surface area contributed by atoms with Crippen LogP contribution in [-0.4, -0.2) is 41.1 Å². The van der Waals surface area contributed by atoms with E-state index in [-0.39, 0.29) is 32.5 Å². The number of benzene rings is 2. The third-order valence-electron chi connectivity index (χ3n) is 4.65. The van der Waals surface area contributed by atoms with Crippen molar-refractivity contribution in [2.45, 2.75) is 51.5 Å². The first-order valence-corrected chi connectivity index (χ1v) is 10.5. The molecular formula is C24H28N2O7. The van der Waals surface area contributed by atoms with Crippen LogP contribution in [0.15, 0.2) is 60.7 Å². The van der Waals surface area contributed by atoms with Crippen molar-refractivity contribution in [2.24, 2.45) is 0 Å². The summed E-state index contributed by atoms with van der Waals surface area (Å²) >= 11 is 0. The standard InChI is InChI=1S/C24H28N2O7/c1-17(25-24(31)33-16-19-11-6-3-7-12-19)22(29)26-20(13-8-14-21(27)28)23(30)32-15-18-9-4-2-5-10-18/h2-7,9-12,17,20H,8,13-16H2,1H3,(H,25,31)(H,26,29)(H,27,28). The van der Waals surface area contributed by atoms with Crippen molar-refractivity contribution in [3.05, 3.63) is 71.8 Å². The molecule has 0 fully saturated rings. The van der Waals surface area contributed by atoms with Gasteiger partial charge in [-0.2, -0.15) is 0 Å². The summed E-state index contributed by atoms with van der Waals surface area (Å²) in [5, 5.41) is 13.8. The summed E-state index contributed by atoms with van der Waals surface area (Å²) in [4.78, 5) is 47.9. The van der Waals surface area contributed by atoms with Crippen molar-refractivity contribution < 1.29 is 33.8 Å². The van der Waals surface area contributed by atoms with E-state index in [1.807, 2.05) is 24.3 Å². The zero-order valence-electron chi connectivity index (χ0n) is 18.4. The first-order valence-electron chi connectivity index (χ1n) is 10.5. The lowest BCUT2D eigenvalue weighted by Crippen LogP contribution is -2.50. The molecule has 0 saturated carbocycles. The molecule has 0 aromatic heterocycles. The second-order valence-corrected chi connectivity index (χ2v) is 7.37. The van der Waals surface area contributed by atoms with E-state index in [9.17, 15) is 19.2 Å². The summed E-state index contributed by atoms with van der Waals surface area (Å²) in [6.07, 6.45) is -0.688. The van der Waals surface area contributed by atoms with Crippen LogP contribution in [-0.2, 0) is 37.1 Å². The normalized spacial score (nSPS) is 12.2. The van der Waals surface area contributed by atoms with Crippen LogP contribution in [0.1, 0.15) is 37.3 Å². The third kappa shape index (κ3) is 9.86. The topological polar surface area (TPSA) is 131 Å². The molecule has 2 amide bonds. The molecule has 2 atom stereocenters. The minimum atomic E-state index is -1.05. The number of ether oxygens (including phenoxy) is 2. The number of nitrogens with one attached hydrogen (secondary N) is 2. The predicted molar refractivity (Wildman–Crippen MR) is 119 cm³/mol. The number of rotatable bonds is 12. The molecular weight excluding hydrogens is 428 g/mol. The average Bonchev–Trinajstić information content (AvgIpc) is 2.81. The summed E-state index contributed by atoms with van der Waals surface area (Å²) in [6.45, 7) is 1.51. The van der Waals surface area contributed by atoms with Gasteiger partial charge in [0.2, 0.25) is 5.91 Å². The van der Waals surface area contributed by atoms with Gasteiger partial charge in [0.15, 0.2) is 0 Å². The second-order valence-electron chi connectivity index (χ2n) is 7.37. The molecule has 9 nitrogen and oxygen atoms in total. The number of hydrogen-bond acceptors (Lipinski definition) is 6. The van der Waals surface area contributed by atoms with Crippen LogP contribution in [0, 0.1) is 0 Å². The summed E-state index contributed by atoms with van der Waals surface area (Å²) in [7, 11) is 0. The lowest BCUT2D eigenvalue weighted by atomic mass is 10.1. The van der Waals surface area contributed by atoms with E-state index in [4.69, 9.17) is 14.6 Å². The molecule has 3 N–H and O–H groups in total. The molecule has 9 heteroatoms. The van der Waals surface area contributed by atoms with Crippen molar-refractivity contribution >= 4 is 23.9 Å². The van der Waals surface area contributed by atoms with Gasteiger partial charge in [-0.05, 0) is 30.9 Å². The van der Waals surface area contributed by atoms with E-state index in [0.717, 1.165) is 11.1 Å². The van der Waals surface area contributed by atoms with Crippen molar-refractivity contribution in [3.8, 4) is 0 Å². The van der Waals surface area contributed by atoms with Gasteiger partial charge in [-0.15, -0.1) is 0 Å². The van der Waals surface area contributed by atoms with Crippen molar-refractivity contribution in [3.63, 3.8) is 0 Å². The fourth-order valence-corrected chi connectivity index (χ4v) is 2.84. The Morgan fingerprint density at radius 3 is 1.94 bits per heavy atom. The van der Waals surface area contributed by atoms with Gasteiger partial charge in [-0.1, -0.05) is 60.7 Å². The fraction of sp³-hybridized carbons (Fsp3) is 0.333. The van der Waals surface area contributed by atoms with Gasteiger partial charge in [0.25, 0.3) is 0 Å². The molecule has 2 aromatic rings. The van der Waals surface area contributed by atoms with Crippen LogP contribution in [0.25, 0.3) is 0 Å². The average molecular weight is 456 g/mol. The number of alkyl carbamates (subject to hydrolysis) is 1. The SMILES string of the molecule is CC(NC(=O)OCc1ccccc1)C(=O)NC(CCCC(=O)O)C(=O)OCc1ccccc1. The van der Waals surface area contributed by atoms with E-state index in [2.05, 4.69) is 10.6 Å². The number of esters is 1. The monoisotopic (exact) mass is 456 g/mol. The van der Waals surface area contributed by atoms with Gasteiger partial charge >= 0.3 is 18.0 Å². The number of carbonyl (C=O) groups is 4. The smallest absolute Gasteiger partial charge is 0.408 e. The highest BCUT2D eigenvalue weighted by atomic mass is 16.5. The summed E-state index contributed by atoms with van der Waals surface area (Å²) in [6, 6.07) is 16.0. The van der Waals surface area contributed by atoms with Crippen LogP contribution in [0.2, 0.25) is 0 Å². The maximum atomic E-state index is 12.5. The molecule has 0 radical (unpaired) electrons. The zero-order chi connectivity index (χ0) is 24.1. The van der Waals surface area contributed by atoms with E-state index >= 15 is 0 Å². The highest BCUT2D eigenvalue weighted by Gasteiger charge is 2.26. The number of aliphatic carboxylic acids is 1. The van der Waals surface area contributed by atoms with Gasteiger partial charge in [0, 0.05) is 6.42 Å². The van der Waals surface area contributed by atoms with Crippen LogP contribution < -0.4 is 10.6 Å². The van der Waals surface area contributed by atoms with E-state index in [0.29, 0.717) is 0 Å². The number of amides is 2. The lowest BCUT2D eigenvalue weighted by Gasteiger charge is -2.20. The minimum Gasteiger partial charge on any atom is -0.481 e. The fourth-order valence-electron chi connectivity index (χ4n) is 2.84. The van der Waals surface area contributed by atoms with Gasteiger partial charge in [0.1, 0.15) is 25.3 Å². The molecule has 176 valence electrons. The van der Waals surface area contributed by atoms with E-state index in [1.165, 1.54) is 6.92 Å². The van der Waals surface area contributed by atoms with Crippen molar-refractivity contribution in [2.75, 3.05) is 0 Å². The Kier molecular flexibility index (Phi) is 10.4. The highest BCUT2D eigenvalue weighted by molar-refractivity contribution is 5.89. The van der Waals surface area contributed by atoms with E-state index in [1.54, 1.807) is 36.4 Å². The van der Waals surface area contributed by atoms with Gasteiger partial charge in [-0.25, -0.2) is 9.59 Å². The molecule has 0 saturated heterocycles. The maximum Gasteiger partial charge on any atom is 0.408 e. The zero-order valence-corrected chi connectivity index (χ0v) is 18.4. The Hall–Kier alpha value is -3.88. The molecule has 2 aromatic carbocycles. The van der Waals surface area contributed by atoms with Crippen LogP contribution in [0.5, 0.6) is 0 Å². The van der Waals surface area contributed by atoms with Crippen molar-refractivity contribution in [1.29, 1.82) is 0 Å². The Morgan fingerprint density at radius 1 is 0.848 bits per heavy atom. The van der Waals surface area contributed by atoms with E-state index < -0.39 is 36.0 Å². The first kappa shape index (κ1) is 25.4. The Bertz CT molecular complexity index is 919. The molecule has 0 spiro atoms.